The summed E-state index contributed by atoms with van der Waals surface area (Å²) in [5.41, 5.74) is 0. The van der Waals surface area contributed by atoms with Gasteiger partial charge in [-0.3, -0.25) is 0 Å². The van der Waals surface area contributed by atoms with E-state index in [0.29, 0.717) is 0 Å². The summed E-state index contributed by atoms with van der Waals surface area (Å²) in [5, 5.41) is 0. The average Bonchev–Trinajstić information content (AvgIpc) is 2.07. The molecule has 1 heterocycles. The molecule has 0 aromatic carbocycles. The van der Waals surface area contributed by atoms with Crippen LogP contribution in [0.2, 0.25) is 0 Å². The largest absolute Gasteiger partial charge is 0.317 e. The lowest BCUT2D eigenvalue weighted by Gasteiger charge is -2.40. The van der Waals surface area contributed by atoms with Crippen molar-refractivity contribution < 1.29 is 4.48 Å². The molecule has 1 heteroatoms. The quantitative estimate of drug-likeness (QED) is 0.444. The summed E-state index contributed by atoms with van der Waals surface area (Å²) in [5.74, 6) is 0. The monoisotopic (exact) mass is 166 g/mol. The highest BCUT2D eigenvalue weighted by Gasteiger charge is 2.26. The Morgan fingerprint density at radius 1 is 0.917 bits per heavy atom. The van der Waals surface area contributed by atoms with E-state index in [1.165, 1.54) is 36.8 Å². The zero-order chi connectivity index (χ0) is 8.86. The van der Waals surface area contributed by atoms with Crippen molar-refractivity contribution in [3.05, 3.63) is 25.3 Å². The van der Waals surface area contributed by atoms with E-state index in [1.54, 1.807) is 0 Å². The van der Waals surface area contributed by atoms with Crippen LogP contribution in [0.15, 0.2) is 25.3 Å². The minimum Gasteiger partial charge on any atom is -0.317 e. The van der Waals surface area contributed by atoms with Crippen LogP contribution < -0.4 is 0 Å². The molecule has 0 atom stereocenters. The fraction of sp³-hybridized carbons (Fsp3) is 0.636. The van der Waals surface area contributed by atoms with Crippen molar-refractivity contribution in [1.29, 1.82) is 0 Å². The summed E-state index contributed by atoms with van der Waals surface area (Å²) in [4.78, 5) is 0. The van der Waals surface area contributed by atoms with Crippen LogP contribution in [0.5, 0.6) is 0 Å². The Balaban J connectivity index is 2.55. The molecule has 68 valence electrons. The number of nitrogens with zero attached hydrogens (tertiary/aromatic N) is 1. The van der Waals surface area contributed by atoms with Crippen LogP contribution in [0, 0.1) is 0 Å². The summed E-state index contributed by atoms with van der Waals surface area (Å²) >= 11 is 0. The van der Waals surface area contributed by atoms with Crippen LogP contribution in [-0.4, -0.2) is 30.7 Å². The molecule has 0 aliphatic carbocycles. The van der Waals surface area contributed by atoms with Gasteiger partial charge in [-0.25, -0.2) is 0 Å². The van der Waals surface area contributed by atoms with E-state index in [1.807, 2.05) is 0 Å². The second kappa shape index (κ2) is 4.46. The molecule has 0 aromatic heterocycles. The lowest BCUT2D eigenvalue weighted by molar-refractivity contribution is -0.921. The van der Waals surface area contributed by atoms with E-state index in [9.17, 15) is 0 Å². The minimum atomic E-state index is 1.12. The van der Waals surface area contributed by atoms with Gasteiger partial charge in [-0.2, -0.15) is 0 Å². The molecule has 1 aliphatic rings. The molecular formula is C11H20N+. The van der Waals surface area contributed by atoms with Crippen LogP contribution in [0.3, 0.4) is 0 Å². The van der Waals surface area contributed by atoms with E-state index in [0.717, 1.165) is 13.1 Å². The molecule has 0 radical (unpaired) electrons. The van der Waals surface area contributed by atoms with Gasteiger partial charge in [-0.15, -0.1) is 0 Å². The molecule has 0 bridgehead atoms. The Morgan fingerprint density at radius 3 is 1.83 bits per heavy atom. The van der Waals surface area contributed by atoms with Crippen molar-refractivity contribution in [2.75, 3.05) is 26.2 Å². The number of hydrogen-bond donors (Lipinski definition) is 0. The van der Waals surface area contributed by atoms with Crippen molar-refractivity contribution in [2.45, 2.75) is 19.3 Å². The Labute approximate surface area is 76.0 Å². The highest BCUT2D eigenvalue weighted by molar-refractivity contribution is 4.73. The summed E-state index contributed by atoms with van der Waals surface area (Å²) in [6.45, 7) is 12.5. The third kappa shape index (κ3) is 2.21. The van der Waals surface area contributed by atoms with Crippen LogP contribution in [0.4, 0.5) is 0 Å². The zero-order valence-corrected chi connectivity index (χ0v) is 7.97. The maximum atomic E-state index is 3.83. The first-order valence-corrected chi connectivity index (χ1v) is 4.90. The van der Waals surface area contributed by atoms with Gasteiger partial charge in [0.25, 0.3) is 0 Å². The first-order chi connectivity index (χ1) is 5.83. The Hall–Kier alpha value is -0.560. The van der Waals surface area contributed by atoms with E-state index >= 15 is 0 Å². The average molecular weight is 166 g/mol. The highest BCUT2D eigenvalue weighted by atomic mass is 15.3. The molecule has 0 amide bonds. The number of quaternary nitrogens is 1. The van der Waals surface area contributed by atoms with Gasteiger partial charge in [0.15, 0.2) is 0 Å². The van der Waals surface area contributed by atoms with Gasteiger partial charge in [0.05, 0.1) is 26.2 Å². The third-order valence-corrected chi connectivity index (χ3v) is 2.80. The summed E-state index contributed by atoms with van der Waals surface area (Å²) < 4.78 is 1.20. The molecule has 1 rings (SSSR count). The van der Waals surface area contributed by atoms with Crippen LogP contribution in [0.25, 0.3) is 0 Å². The van der Waals surface area contributed by atoms with Crippen molar-refractivity contribution >= 4 is 0 Å². The molecule has 1 saturated heterocycles. The lowest BCUT2D eigenvalue weighted by Crippen LogP contribution is -2.51. The fourth-order valence-electron chi connectivity index (χ4n) is 2.17. The molecule has 1 fully saturated rings. The number of piperidine rings is 1. The predicted octanol–water partition coefficient (Wildman–Crippen LogP) is 2.36. The second-order valence-corrected chi connectivity index (χ2v) is 3.79. The Kier molecular flexibility index (Phi) is 3.54. The summed E-state index contributed by atoms with van der Waals surface area (Å²) in [7, 11) is 0. The maximum Gasteiger partial charge on any atom is 0.0973 e. The first kappa shape index (κ1) is 9.53. The fourth-order valence-corrected chi connectivity index (χ4v) is 2.17. The Morgan fingerprint density at radius 2 is 1.42 bits per heavy atom. The number of rotatable bonds is 4. The van der Waals surface area contributed by atoms with Crippen molar-refractivity contribution in [1.82, 2.24) is 0 Å². The molecule has 0 N–H and O–H groups in total. The zero-order valence-electron chi connectivity index (χ0n) is 7.97. The molecule has 0 spiro atoms. The topological polar surface area (TPSA) is 0 Å². The lowest BCUT2D eigenvalue weighted by atomic mass is 10.1. The smallest absolute Gasteiger partial charge is 0.0973 e. The summed E-state index contributed by atoms with van der Waals surface area (Å²) in [6, 6.07) is 0. The normalized spacial score (nSPS) is 21.7. The van der Waals surface area contributed by atoms with E-state index in [2.05, 4.69) is 25.3 Å². The molecule has 0 unspecified atom stereocenters. The van der Waals surface area contributed by atoms with Gasteiger partial charge >= 0.3 is 0 Å². The molecule has 1 aliphatic heterocycles. The van der Waals surface area contributed by atoms with E-state index in [-0.39, 0.29) is 0 Å². The predicted molar refractivity (Wildman–Crippen MR) is 54.0 cm³/mol. The molecule has 0 aromatic rings. The van der Waals surface area contributed by atoms with Gasteiger partial charge in [0.1, 0.15) is 0 Å². The number of hydrogen-bond acceptors (Lipinski definition) is 0. The van der Waals surface area contributed by atoms with Crippen LogP contribution in [0.1, 0.15) is 19.3 Å². The van der Waals surface area contributed by atoms with Crippen molar-refractivity contribution in [3.8, 4) is 0 Å². The summed E-state index contributed by atoms with van der Waals surface area (Å²) in [6.07, 6.45) is 8.27. The second-order valence-electron chi connectivity index (χ2n) is 3.79. The SMILES string of the molecule is C=CC[N+]1(CC=C)CCCCC1. The molecule has 12 heavy (non-hydrogen) atoms. The van der Waals surface area contributed by atoms with Gasteiger partial charge in [0.2, 0.25) is 0 Å². The van der Waals surface area contributed by atoms with Crippen molar-refractivity contribution in [2.24, 2.45) is 0 Å². The maximum absolute atomic E-state index is 3.83. The van der Waals surface area contributed by atoms with Gasteiger partial charge in [0, 0.05) is 0 Å². The van der Waals surface area contributed by atoms with Gasteiger partial charge in [-0.05, 0) is 31.4 Å². The van der Waals surface area contributed by atoms with E-state index in [4.69, 9.17) is 0 Å². The van der Waals surface area contributed by atoms with E-state index < -0.39 is 0 Å². The Bertz CT molecular complexity index is 142. The molecular weight excluding hydrogens is 146 g/mol. The third-order valence-electron chi connectivity index (χ3n) is 2.80. The van der Waals surface area contributed by atoms with Gasteiger partial charge < -0.3 is 4.48 Å². The van der Waals surface area contributed by atoms with Crippen LogP contribution in [-0.2, 0) is 0 Å². The highest BCUT2D eigenvalue weighted by Crippen LogP contribution is 2.18. The molecule has 0 saturated carbocycles. The molecule has 1 nitrogen and oxygen atoms in total. The first-order valence-electron chi connectivity index (χ1n) is 4.90. The van der Waals surface area contributed by atoms with Crippen LogP contribution >= 0.6 is 0 Å². The standard InChI is InChI=1S/C11H20N/c1-3-8-12(9-4-2)10-6-5-7-11-12/h3-4H,1-2,5-11H2/q+1. The number of likely N-dealkylation sites (tertiary alicyclic amines) is 1. The van der Waals surface area contributed by atoms with Crippen molar-refractivity contribution in [3.63, 3.8) is 0 Å². The van der Waals surface area contributed by atoms with Gasteiger partial charge in [-0.1, -0.05) is 13.2 Å². The minimum absolute atomic E-state index is 1.12.